The molecule has 0 bridgehead atoms. The summed E-state index contributed by atoms with van der Waals surface area (Å²) in [5.41, 5.74) is 1.04. The van der Waals surface area contributed by atoms with E-state index in [2.05, 4.69) is 40.1 Å². The molecule has 0 saturated carbocycles. The van der Waals surface area contributed by atoms with Crippen molar-refractivity contribution in [3.63, 3.8) is 0 Å². The van der Waals surface area contributed by atoms with Crippen molar-refractivity contribution in [2.24, 2.45) is 5.92 Å². The van der Waals surface area contributed by atoms with Crippen LogP contribution >= 0.6 is 0 Å². The van der Waals surface area contributed by atoms with Gasteiger partial charge in [0.25, 0.3) is 0 Å². The van der Waals surface area contributed by atoms with Crippen molar-refractivity contribution in [2.75, 3.05) is 29.9 Å². The summed E-state index contributed by atoms with van der Waals surface area (Å²) in [6, 6.07) is 2.09. The highest BCUT2D eigenvalue weighted by Gasteiger charge is 2.23. The maximum atomic E-state index is 4.60. The SMILES string of the molecule is CCCC1CCN(c2cc(C)nc(NCC)n2)C1. The molecule has 1 unspecified atom stereocenters. The third kappa shape index (κ3) is 3.12. The molecular weight excluding hydrogens is 224 g/mol. The van der Waals surface area contributed by atoms with Crippen molar-refractivity contribution < 1.29 is 0 Å². The van der Waals surface area contributed by atoms with Gasteiger partial charge >= 0.3 is 0 Å². The summed E-state index contributed by atoms with van der Waals surface area (Å²) in [4.78, 5) is 11.4. The first-order valence-corrected chi connectivity index (χ1v) is 7.07. The number of aryl methyl sites for hydroxylation is 1. The molecule has 1 aliphatic rings. The van der Waals surface area contributed by atoms with Crippen LogP contribution in [0.1, 0.15) is 38.8 Å². The van der Waals surface area contributed by atoms with Gasteiger partial charge in [0.1, 0.15) is 5.82 Å². The monoisotopic (exact) mass is 248 g/mol. The highest BCUT2D eigenvalue weighted by Crippen LogP contribution is 2.26. The number of hydrogen-bond acceptors (Lipinski definition) is 4. The van der Waals surface area contributed by atoms with Crippen LogP contribution in [0.4, 0.5) is 11.8 Å². The molecule has 0 aliphatic carbocycles. The van der Waals surface area contributed by atoms with Crippen molar-refractivity contribution in [1.29, 1.82) is 0 Å². The Hall–Kier alpha value is -1.32. The van der Waals surface area contributed by atoms with Gasteiger partial charge in [-0.1, -0.05) is 13.3 Å². The zero-order valence-corrected chi connectivity index (χ0v) is 11.7. The van der Waals surface area contributed by atoms with Gasteiger partial charge in [-0.15, -0.1) is 0 Å². The predicted octanol–water partition coefficient (Wildman–Crippen LogP) is 2.84. The Kier molecular flexibility index (Phi) is 4.39. The van der Waals surface area contributed by atoms with Gasteiger partial charge in [-0.3, -0.25) is 0 Å². The fourth-order valence-electron chi connectivity index (χ4n) is 2.64. The average Bonchev–Trinajstić information content (AvgIpc) is 2.78. The molecule has 1 aliphatic heterocycles. The van der Waals surface area contributed by atoms with Gasteiger partial charge in [0, 0.05) is 31.4 Å². The van der Waals surface area contributed by atoms with E-state index in [4.69, 9.17) is 0 Å². The van der Waals surface area contributed by atoms with Gasteiger partial charge in [0.15, 0.2) is 0 Å². The van der Waals surface area contributed by atoms with Crippen LogP contribution in [0.2, 0.25) is 0 Å². The molecule has 1 saturated heterocycles. The minimum atomic E-state index is 0.756. The summed E-state index contributed by atoms with van der Waals surface area (Å²) < 4.78 is 0. The molecule has 100 valence electrons. The molecule has 1 N–H and O–H groups in total. The van der Waals surface area contributed by atoms with Crippen LogP contribution < -0.4 is 10.2 Å². The largest absolute Gasteiger partial charge is 0.356 e. The molecule has 0 amide bonds. The molecule has 18 heavy (non-hydrogen) atoms. The van der Waals surface area contributed by atoms with Gasteiger partial charge in [-0.25, -0.2) is 4.98 Å². The van der Waals surface area contributed by atoms with Crippen LogP contribution in [0.5, 0.6) is 0 Å². The van der Waals surface area contributed by atoms with Crippen LogP contribution in [-0.4, -0.2) is 29.6 Å². The molecule has 1 fully saturated rings. The van der Waals surface area contributed by atoms with Gasteiger partial charge in [0.05, 0.1) is 0 Å². The Bertz CT molecular complexity index is 391. The van der Waals surface area contributed by atoms with Crippen molar-refractivity contribution in [2.45, 2.75) is 40.0 Å². The lowest BCUT2D eigenvalue weighted by molar-refractivity contribution is 0.529. The lowest BCUT2D eigenvalue weighted by atomic mass is 10.0. The number of hydrogen-bond donors (Lipinski definition) is 1. The van der Waals surface area contributed by atoms with Crippen molar-refractivity contribution in [1.82, 2.24) is 9.97 Å². The third-order valence-corrected chi connectivity index (χ3v) is 3.48. The number of rotatable bonds is 5. The van der Waals surface area contributed by atoms with E-state index in [1.807, 2.05) is 6.92 Å². The molecule has 1 aromatic rings. The summed E-state index contributed by atoms with van der Waals surface area (Å²) in [6.45, 7) is 9.51. The number of nitrogens with zero attached hydrogens (tertiary/aromatic N) is 3. The van der Waals surface area contributed by atoms with Gasteiger partial charge in [-0.05, 0) is 32.6 Å². The lowest BCUT2D eigenvalue weighted by Gasteiger charge is -2.18. The first-order valence-electron chi connectivity index (χ1n) is 7.07. The maximum Gasteiger partial charge on any atom is 0.224 e. The highest BCUT2D eigenvalue weighted by molar-refractivity contribution is 5.45. The van der Waals surface area contributed by atoms with E-state index in [-0.39, 0.29) is 0 Å². The van der Waals surface area contributed by atoms with Gasteiger partial charge < -0.3 is 10.2 Å². The molecule has 2 heterocycles. The molecule has 0 radical (unpaired) electrons. The molecule has 2 rings (SSSR count). The second-order valence-corrected chi connectivity index (χ2v) is 5.11. The Morgan fingerprint density at radius 1 is 1.39 bits per heavy atom. The Balaban J connectivity index is 2.08. The van der Waals surface area contributed by atoms with E-state index in [1.54, 1.807) is 0 Å². The van der Waals surface area contributed by atoms with Gasteiger partial charge in [-0.2, -0.15) is 4.98 Å². The minimum Gasteiger partial charge on any atom is -0.356 e. The Labute approximate surface area is 110 Å². The standard InChI is InChI=1S/C14H24N4/c1-4-6-12-7-8-18(10-12)13-9-11(3)16-14(17-13)15-5-2/h9,12H,4-8,10H2,1-3H3,(H,15,16,17). The van der Waals surface area contributed by atoms with E-state index >= 15 is 0 Å². The average molecular weight is 248 g/mol. The molecule has 0 spiro atoms. The summed E-state index contributed by atoms with van der Waals surface area (Å²) in [7, 11) is 0. The summed E-state index contributed by atoms with van der Waals surface area (Å²) in [6.07, 6.45) is 3.91. The normalized spacial score (nSPS) is 19.3. The number of aromatic nitrogens is 2. The van der Waals surface area contributed by atoms with Crippen LogP contribution in [0.25, 0.3) is 0 Å². The highest BCUT2D eigenvalue weighted by atomic mass is 15.2. The van der Waals surface area contributed by atoms with E-state index in [9.17, 15) is 0 Å². The van der Waals surface area contributed by atoms with E-state index in [0.717, 1.165) is 43.0 Å². The molecule has 1 aromatic heterocycles. The first-order chi connectivity index (χ1) is 8.72. The maximum absolute atomic E-state index is 4.60. The van der Waals surface area contributed by atoms with Crippen molar-refractivity contribution >= 4 is 11.8 Å². The second kappa shape index (κ2) is 6.03. The van der Waals surface area contributed by atoms with Crippen LogP contribution in [-0.2, 0) is 0 Å². The minimum absolute atomic E-state index is 0.756. The van der Waals surface area contributed by atoms with E-state index in [1.165, 1.54) is 19.3 Å². The zero-order chi connectivity index (χ0) is 13.0. The topological polar surface area (TPSA) is 41.1 Å². The van der Waals surface area contributed by atoms with Crippen LogP contribution in [0.15, 0.2) is 6.07 Å². The molecule has 4 heteroatoms. The van der Waals surface area contributed by atoms with E-state index < -0.39 is 0 Å². The smallest absolute Gasteiger partial charge is 0.224 e. The van der Waals surface area contributed by atoms with Crippen molar-refractivity contribution in [3.8, 4) is 0 Å². The summed E-state index contributed by atoms with van der Waals surface area (Å²) >= 11 is 0. The van der Waals surface area contributed by atoms with E-state index in [0.29, 0.717) is 0 Å². The fourth-order valence-corrected chi connectivity index (χ4v) is 2.64. The Morgan fingerprint density at radius 3 is 2.94 bits per heavy atom. The third-order valence-electron chi connectivity index (χ3n) is 3.48. The quantitative estimate of drug-likeness (QED) is 0.870. The van der Waals surface area contributed by atoms with Crippen molar-refractivity contribution in [3.05, 3.63) is 11.8 Å². The molecular formula is C14H24N4. The second-order valence-electron chi connectivity index (χ2n) is 5.11. The fraction of sp³-hybridized carbons (Fsp3) is 0.714. The van der Waals surface area contributed by atoms with Crippen LogP contribution in [0, 0.1) is 12.8 Å². The molecule has 0 aromatic carbocycles. The lowest BCUT2D eigenvalue weighted by Crippen LogP contribution is -2.21. The molecule has 1 atom stereocenters. The number of nitrogens with one attached hydrogen (secondary N) is 1. The first kappa shape index (κ1) is 13.1. The summed E-state index contributed by atoms with van der Waals surface area (Å²) in [5.74, 6) is 2.68. The Morgan fingerprint density at radius 2 is 2.22 bits per heavy atom. The number of anilines is 2. The van der Waals surface area contributed by atoms with Gasteiger partial charge in [0.2, 0.25) is 5.95 Å². The summed E-state index contributed by atoms with van der Waals surface area (Å²) in [5, 5.41) is 3.20. The predicted molar refractivity (Wildman–Crippen MR) is 76.2 cm³/mol. The molecule has 4 nitrogen and oxygen atoms in total. The van der Waals surface area contributed by atoms with Crippen LogP contribution in [0.3, 0.4) is 0 Å². The zero-order valence-electron chi connectivity index (χ0n) is 11.7.